The molecule has 96 heavy (non-hydrogen) atoms. The Labute approximate surface area is 572 Å². The molecule has 26 heteroatoms. The Morgan fingerprint density at radius 3 is 1.31 bits per heavy atom. The van der Waals surface area contributed by atoms with Gasteiger partial charge in [-0.3, -0.25) is 19.3 Å². The van der Waals surface area contributed by atoms with Crippen LogP contribution in [0.1, 0.15) is 114 Å². The van der Waals surface area contributed by atoms with E-state index in [1.807, 2.05) is 13.8 Å². The quantitative estimate of drug-likeness (QED) is 0.0221. The Bertz CT molecular complexity index is 2160. The Kier molecular flexibility index (Phi) is 59.3. The number of ketones is 1. The molecule has 7 saturated heterocycles. The lowest BCUT2D eigenvalue weighted by Crippen LogP contribution is -2.45. The van der Waals surface area contributed by atoms with Crippen LogP contribution in [0.25, 0.3) is 0 Å². The Morgan fingerprint density at radius 2 is 1.18 bits per heavy atom. The fraction of sp³-hybridized carbons (Fsp3) is 0.714. The highest BCUT2D eigenvalue weighted by atomic mass is 19.4. The molecular formula is C70H122F3NO22. The lowest BCUT2D eigenvalue weighted by Gasteiger charge is -2.39. The summed E-state index contributed by atoms with van der Waals surface area (Å²) in [5, 5.41) is 0. The smallest absolute Gasteiger partial charge is 0.422 e. The van der Waals surface area contributed by atoms with Crippen molar-refractivity contribution >= 4 is 35.5 Å². The number of hydrogen-bond acceptors (Lipinski definition) is 22. The van der Waals surface area contributed by atoms with Crippen molar-refractivity contribution in [2.24, 2.45) is 16.7 Å². The summed E-state index contributed by atoms with van der Waals surface area (Å²) in [6, 6.07) is 0. The molecule has 7 atom stereocenters. The number of methoxy groups -OCH3 is 9. The predicted octanol–water partition coefficient (Wildman–Crippen LogP) is 10.8. The molecule has 2 amide bonds. The molecule has 8 heterocycles. The largest absolute Gasteiger partial charge is 0.505 e. The SMILES string of the molecule is C=C(C(=O)OC)C(F)(F)F.C=C(C)C(=O)OC.C=CC(=O)CC.C=CC(=O)OC.C=CCOC.C=COC.CC1CO1.CC1OC1(C)C.CCC1(COC)COC1.CCCC1(C)COC1.CN1C(=O)C=CC1=O.COCC1(C)CO1.COCC1CCC2OC2C1.COCC1CO1. The van der Waals surface area contributed by atoms with E-state index in [9.17, 15) is 41.9 Å². The minimum absolute atomic E-state index is 0.0781. The third-order valence-electron chi connectivity index (χ3n) is 13.8. The summed E-state index contributed by atoms with van der Waals surface area (Å²) in [5.41, 5.74) is 0.149. The van der Waals surface area contributed by atoms with Crippen molar-refractivity contribution in [1.82, 2.24) is 4.90 Å². The number of esters is 3. The van der Waals surface area contributed by atoms with Crippen LogP contribution in [0, 0.1) is 16.7 Å². The molecule has 1 saturated carbocycles. The van der Waals surface area contributed by atoms with E-state index in [0.29, 0.717) is 60.0 Å². The maximum atomic E-state index is 11.5. The first kappa shape index (κ1) is 99.2. The molecule has 0 N–H and O–H groups in total. The first-order chi connectivity index (χ1) is 44.9. The highest BCUT2D eigenvalue weighted by molar-refractivity contribution is 6.12. The molecule has 560 valence electrons. The highest BCUT2D eigenvalue weighted by Crippen LogP contribution is 2.39. The number of likely N-dealkylation sites (N-methyl/N-ethyl adjacent to an activating group) is 1. The van der Waals surface area contributed by atoms with Gasteiger partial charge in [-0.2, -0.15) is 13.2 Å². The molecular weight excluding hydrogens is 1260 g/mol. The van der Waals surface area contributed by atoms with Crippen molar-refractivity contribution in [2.75, 3.05) is 150 Å². The molecule has 8 fully saturated rings. The van der Waals surface area contributed by atoms with Crippen LogP contribution in [-0.4, -0.2) is 239 Å². The van der Waals surface area contributed by atoms with Crippen LogP contribution in [0.15, 0.2) is 87.3 Å². The molecule has 0 bridgehead atoms. The summed E-state index contributed by atoms with van der Waals surface area (Å²) in [5.74, 6) is -1.80. The van der Waals surface area contributed by atoms with E-state index in [-0.39, 0.29) is 34.8 Å². The highest BCUT2D eigenvalue weighted by Gasteiger charge is 2.44. The molecule has 9 aliphatic rings. The van der Waals surface area contributed by atoms with E-state index in [1.54, 1.807) is 55.7 Å². The second-order valence-corrected chi connectivity index (χ2v) is 23.5. The molecule has 8 aliphatic heterocycles. The number of amides is 2. The van der Waals surface area contributed by atoms with Crippen LogP contribution in [0.4, 0.5) is 13.2 Å². The first-order valence-electron chi connectivity index (χ1n) is 31.4. The van der Waals surface area contributed by atoms with Crippen LogP contribution >= 0.6 is 0 Å². The van der Waals surface area contributed by atoms with Crippen molar-refractivity contribution in [2.45, 2.75) is 162 Å². The number of imide groups is 1. The summed E-state index contributed by atoms with van der Waals surface area (Å²) in [6.07, 6.45) is 14.2. The maximum Gasteiger partial charge on any atom is 0.422 e. The van der Waals surface area contributed by atoms with E-state index >= 15 is 0 Å². The molecule has 0 radical (unpaired) electrons. The number of alkyl halides is 3. The number of fused-ring (bicyclic) bond motifs is 1. The van der Waals surface area contributed by atoms with Gasteiger partial charge in [0.15, 0.2) is 5.78 Å². The van der Waals surface area contributed by atoms with Gasteiger partial charge in [0.2, 0.25) is 0 Å². The zero-order valence-electron chi connectivity index (χ0n) is 61.7. The van der Waals surface area contributed by atoms with E-state index < -0.39 is 23.7 Å². The van der Waals surface area contributed by atoms with E-state index in [2.05, 4.69) is 112 Å². The van der Waals surface area contributed by atoms with Gasteiger partial charge in [-0.25, -0.2) is 14.4 Å². The van der Waals surface area contributed by atoms with Gasteiger partial charge in [0.25, 0.3) is 11.8 Å². The average Bonchev–Trinajstić information content (AvgIpc) is 1.72. The van der Waals surface area contributed by atoms with Gasteiger partial charge in [0.05, 0.1) is 137 Å². The van der Waals surface area contributed by atoms with Crippen molar-refractivity contribution < 1.29 is 118 Å². The van der Waals surface area contributed by atoms with Gasteiger partial charge in [0, 0.05) is 90.3 Å². The number of nitrogens with zero attached hydrogens (tertiary/aromatic N) is 1. The van der Waals surface area contributed by atoms with Crippen LogP contribution in [0.3, 0.4) is 0 Å². The summed E-state index contributed by atoms with van der Waals surface area (Å²) in [4.78, 5) is 62.1. The predicted molar refractivity (Wildman–Crippen MR) is 363 cm³/mol. The fourth-order valence-electron chi connectivity index (χ4n) is 6.77. The number of rotatable bonds is 19. The summed E-state index contributed by atoms with van der Waals surface area (Å²) < 4.78 is 111. The molecule has 9 rings (SSSR count). The topological polar surface area (TPSA) is 270 Å². The number of hydrogen-bond donors (Lipinski definition) is 0. The van der Waals surface area contributed by atoms with Crippen LogP contribution in [-0.2, 0) is 105 Å². The summed E-state index contributed by atoms with van der Waals surface area (Å²) in [6.45, 7) is 49.9. The lowest BCUT2D eigenvalue weighted by molar-refractivity contribution is -0.148. The molecule has 0 aromatic rings. The van der Waals surface area contributed by atoms with Gasteiger partial charge in [-0.1, -0.05) is 73.1 Å². The number of halogens is 3. The van der Waals surface area contributed by atoms with Crippen molar-refractivity contribution in [3.05, 3.63) is 87.3 Å². The monoisotopic (exact) mass is 1390 g/mol. The van der Waals surface area contributed by atoms with Crippen LogP contribution in [0.5, 0.6) is 0 Å². The van der Waals surface area contributed by atoms with E-state index in [4.69, 9.17) is 52.1 Å². The fourth-order valence-corrected chi connectivity index (χ4v) is 6.77. The number of carbonyl (C=O) groups excluding carboxylic acids is 6. The standard InChI is InChI=1S/C8H14O2.C7H14O2.C7H14O.C5H5F3O2.C5H5NO2.C5H10O2.C5H8O2.C5H10O.C5H8O.C4H8O2.C4H6O2.C4H8O.2C3H6O/c1-9-5-6-2-3-7-8(4-6)10-7;1-3-7(4-8-2)5-9-6-7;1-3-4-7(2)5-8-6-7;1-3(4(9)10-2)5(6,7)8;1-6-4(7)2-3-5(6)8;1-5(3-6-2)4-7-5;1-4(2)5(6)7-3;1-4-5(2,3)6-4;1-3-5(6)4-2;1-5-2-4-3-6-4;1-3-4(5)6-2;1-3-4-5-2;1-3-2-4-3;1-3-4-2/h6-8H,2-5H2,1H3;3-6H2,1-2H3;3-6H2,1-2H3;1H2,2H3;2-3H,1H3;3-4H2,1-2H3;1H2,2-3H3;4H,1-3H3;3H,1,4H2,2H3;4H,2-3H2,1H3;3H,1H2,2H3;3H,1,4H2,2H3;3H,2H2,1H3;3H,1H2,2H3. The Morgan fingerprint density at radius 1 is 0.698 bits per heavy atom. The van der Waals surface area contributed by atoms with E-state index in [1.165, 1.54) is 84.3 Å². The second kappa shape index (κ2) is 57.4. The maximum absolute atomic E-state index is 11.5. The van der Waals surface area contributed by atoms with Crippen molar-refractivity contribution in [1.29, 1.82) is 0 Å². The number of ether oxygens (including phenoxy) is 16. The van der Waals surface area contributed by atoms with E-state index in [0.717, 1.165) is 96.7 Å². The van der Waals surface area contributed by atoms with Crippen LogP contribution in [0.2, 0.25) is 0 Å². The van der Waals surface area contributed by atoms with Gasteiger partial charge in [-0.05, 0) is 85.6 Å². The Balaban J connectivity index is -0.000000312. The molecule has 0 aromatic carbocycles. The van der Waals surface area contributed by atoms with Crippen molar-refractivity contribution in [3.63, 3.8) is 0 Å². The summed E-state index contributed by atoms with van der Waals surface area (Å²) in [7, 11) is 15.0. The number of allylic oxidation sites excluding steroid dienone is 1. The third-order valence-corrected chi connectivity index (χ3v) is 13.8. The zero-order valence-corrected chi connectivity index (χ0v) is 61.7. The van der Waals surface area contributed by atoms with Gasteiger partial charge in [-0.15, -0.1) is 6.58 Å². The molecule has 7 unspecified atom stereocenters. The minimum Gasteiger partial charge on any atom is -0.505 e. The van der Waals surface area contributed by atoms with Gasteiger partial charge < -0.3 is 75.8 Å². The molecule has 23 nitrogen and oxygen atoms in total. The number of carbonyl (C=O) groups is 6. The van der Waals surface area contributed by atoms with Gasteiger partial charge >= 0.3 is 24.1 Å². The normalized spacial score (nSPS) is 22.5. The molecule has 0 spiro atoms. The minimum atomic E-state index is -4.69. The zero-order chi connectivity index (χ0) is 75.2. The summed E-state index contributed by atoms with van der Waals surface area (Å²) >= 11 is 0. The Hall–Kier alpha value is -5.49. The first-order valence-corrected chi connectivity index (χ1v) is 31.4. The second-order valence-electron chi connectivity index (χ2n) is 23.5. The van der Waals surface area contributed by atoms with Crippen LogP contribution < -0.4 is 0 Å². The molecule has 0 aromatic heterocycles. The van der Waals surface area contributed by atoms with Gasteiger partial charge in [0.1, 0.15) is 17.3 Å². The lowest BCUT2D eigenvalue weighted by atomic mass is 9.84. The number of epoxide rings is 5. The average molecular weight is 1390 g/mol. The third kappa shape index (κ3) is 57.6. The van der Waals surface area contributed by atoms with Crippen molar-refractivity contribution in [3.8, 4) is 0 Å². The molecule has 1 aliphatic carbocycles.